The standard InChI is InChI=1S/C23H28ClN5/c1-16(2)15-28-8-10-29(11-9-28)22-13-19(6-7-25-22)23-26-14-21(27-23)18-4-5-20(24)17(3)12-18/h4-7,12-14,16H,8-11,15H2,1-3H3,(H,26,27). The van der Waals surface area contributed by atoms with Gasteiger partial charge in [-0.25, -0.2) is 9.97 Å². The van der Waals surface area contributed by atoms with Crippen molar-refractivity contribution in [1.29, 1.82) is 0 Å². The molecule has 0 aliphatic carbocycles. The van der Waals surface area contributed by atoms with Crippen molar-refractivity contribution < 1.29 is 0 Å². The number of H-pyrrole nitrogens is 1. The maximum Gasteiger partial charge on any atom is 0.137 e. The predicted octanol–water partition coefficient (Wildman–Crippen LogP) is 4.88. The lowest BCUT2D eigenvalue weighted by Gasteiger charge is -2.36. The molecular weight excluding hydrogens is 382 g/mol. The topological polar surface area (TPSA) is 48.1 Å². The molecule has 0 bridgehead atoms. The summed E-state index contributed by atoms with van der Waals surface area (Å²) >= 11 is 6.15. The molecule has 0 atom stereocenters. The highest BCUT2D eigenvalue weighted by atomic mass is 35.5. The van der Waals surface area contributed by atoms with Crippen LogP contribution in [0.15, 0.2) is 42.7 Å². The van der Waals surface area contributed by atoms with Crippen molar-refractivity contribution in [3.63, 3.8) is 0 Å². The lowest BCUT2D eigenvalue weighted by Crippen LogP contribution is -2.47. The molecule has 29 heavy (non-hydrogen) atoms. The number of rotatable bonds is 5. The highest BCUT2D eigenvalue weighted by Crippen LogP contribution is 2.27. The number of nitrogens with one attached hydrogen (secondary N) is 1. The Morgan fingerprint density at radius 2 is 1.83 bits per heavy atom. The maximum atomic E-state index is 6.15. The Labute approximate surface area is 177 Å². The number of hydrogen-bond acceptors (Lipinski definition) is 4. The fourth-order valence-electron chi connectivity index (χ4n) is 3.84. The second-order valence-electron chi connectivity index (χ2n) is 8.19. The lowest BCUT2D eigenvalue weighted by molar-refractivity contribution is 0.231. The number of aromatic nitrogens is 3. The molecule has 1 aliphatic heterocycles. The van der Waals surface area contributed by atoms with E-state index in [1.165, 1.54) is 6.54 Å². The molecule has 1 aromatic carbocycles. The van der Waals surface area contributed by atoms with E-state index in [1.807, 2.05) is 37.5 Å². The zero-order chi connectivity index (χ0) is 20.4. The fourth-order valence-corrected chi connectivity index (χ4v) is 3.96. The molecule has 152 valence electrons. The van der Waals surface area contributed by atoms with Gasteiger partial charge in [-0.3, -0.25) is 4.90 Å². The minimum absolute atomic E-state index is 0.709. The van der Waals surface area contributed by atoms with Crippen LogP contribution in [0.1, 0.15) is 19.4 Å². The number of pyridine rings is 1. The maximum absolute atomic E-state index is 6.15. The van der Waals surface area contributed by atoms with Crippen LogP contribution in [0, 0.1) is 12.8 Å². The molecule has 1 aliphatic rings. The number of halogens is 1. The summed E-state index contributed by atoms with van der Waals surface area (Å²) < 4.78 is 0. The summed E-state index contributed by atoms with van der Waals surface area (Å²) in [4.78, 5) is 17.6. The Balaban J connectivity index is 1.50. The monoisotopic (exact) mass is 409 g/mol. The summed E-state index contributed by atoms with van der Waals surface area (Å²) in [6.45, 7) is 11.9. The number of aromatic amines is 1. The first kappa shape index (κ1) is 19.9. The SMILES string of the molecule is Cc1cc(-c2cnc(-c3ccnc(N4CCN(CC(C)C)CC4)c3)[nH]2)ccc1Cl. The van der Waals surface area contributed by atoms with Gasteiger partial charge in [-0.2, -0.15) is 0 Å². The molecule has 1 fully saturated rings. The zero-order valence-electron chi connectivity index (χ0n) is 17.3. The van der Waals surface area contributed by atoms with Crippen molar-refractivity contribution in [3.05, 3.63) is 53.3 Å². The summed E-state index contributed by atoms with van der Waals surface area (Å²) in [7, 11) is 0. The van der Waals surface area contributed by atoms with Gasteiger partial charge in [0.15, 0.2) is 0 Å². The van der Waals surface area contributed by atoms with Gasteiger partial charge in [0.1, 0.15) is 11.6 Å². The molecule has 0 unspecified atom stereocenters. The van der Waals surface area contributed by atoms with Gasteiger partial charge in [0.25, 0.3) is 0 Å². The number of anilines is 1. The average molecular weight is 410 g/mol. The zero-order valence-corrected chi connectivity index (χ0v) is 18.1. The highest BCUT2D eigenvalue weighted by molar-refractivity contribution is 6.31. The second-order valence-corrected chi connectivity index (χ2v) is 8.60. The number of hydrogen-bond donors (Lipinski definition) is 1. The number of imidazole rings is 1. The van der Waals surface area contributed by atoms with Gasteiger partial charge in [0.05, 0.1) is 11.9 Å². The number of benzene rings is 1. The number of nitrogens with zero attached hydrogens (tertiary/aromatic N) is 4. The van der Waals surface area contributed by atoms with Crippen LogP contribution in [0.3, 0.4) is 0 Å². The Morgan fingerprint density at radius 3 is 2.55 bits per heavy atom. The molecule has 2 aromatic heterocycles. The summed E-state index contributed by atoms with van der Waals surface area (Å²) in [6, 6.07) is 10.2. The largest absolute Gasteiger partial charge is 0.354 e. The van der Waals surface area contributed by atoms with Gasteiger partial charge in [-0.1, -0.05) is 31.5 Å². The van der Waals surface area contributed by atoms with Crippen molar-refractivity contribution in [2.24, 2.45) is 5.92 Å². The van der Waals surface area contributed by atoms with Gasteiger partial charge < -0.3 is 9.88 Å². The van der Waals surface area contributed by atoms with E-state index in [2.05, 4.69) is 50.7 Å². The van der Waals surface area contributed by atoms with Gasteiger partial charge >= 0.3 is 0 Å². The summed E-state index contributed by atoms with van der Waals surface area (Å²) in [5.41, 5.74) is 4.18. The second kappa shape index (κ2) is 8.56. The van der Waals surface area contributed by atoms with E-state index in [1.54, 1.807) is 0 Å². The van der Waals surface area contributed by atoms with Crippen molar-refractivity contribution in [2.75, 3.05) is 37.6 Å². The Kier molecular flexibility index (Phi) is 5.88. The molecule has 1 N–H and O–H groups in total. The third kappa shape index (κ3) is 4.62. The van der Waals surface area contributed by atoms with Crippen LogP contribution in [0.25, 0.3) is 22.6 Å². The van der Waals surface area contributed by atoms with Crippen molar-refractivity contribution >= 4 is 17.4 Å². The molecule has 1 saturated heterocycles. The molecule has 0 spiro atoms. The molecule has 5 nitrogen and oxygen atoms in total. The van der Waals surface area contributed by atoms with E-state index in [9.17, 15) is 0 Å². The molecular formula is C23H28ClN5. The van der Waals surface area contributed by atoms with Crippen molar-refractivity contribution in [2.45, 2.75) is 20.8 Å². The van der Waals surface area contributed by atoms with Gasteiger partial charge in [0, 0.05) is 49.5 Å². The minimum Gasteiger partial charge on any atom is -0.354 e. The Hall–Kier alpha value is -2.37. The number of piperazine rings is 1. The van der Waals surface area contributed by atoms with Crippen LogP contribution in [-0.4, -0.2) is 52.6 Å². The minimum atomic E-state index is 0.709. The van der Waals surface area contributed by atoms with Gasteiger partial charge in [-0.05, 0) is 48.2 Å². The summed E-state index contributed by atoms with van der Waals surface area (Å²) in [5.74, 6) is 2.59. The summed E-state index contributed by atoms with van der Waals surface area (Å²) in [5, 5.41) is 0.778. The first-order valence-corrected chi connectivity index (χ1v) is 10.6. The lowest BCUT2D eigenvalue weighted by atomic mass is 10.1. The van der Waals surface area contributed by atoms with Crippen LogP contribution in [0.4, 0.5) is 5.82 Å². The van der Waals surface area contributed by atoms with Crippen LogP contribution in [0.5, 0.6) is 0 Å². The predicted molar refractivity (Wildman–Crippen MR) is 120 cm³/mol. The summed E-state index contributed by atoms with van der Waals surface area (Å²) in [6.07, 6.45) is 3.75. The van der Waals surface area contributed by atoms with E-state index in [-0.39, 0.29) is 0 Å². The van der Waals surface area contributed by atoms with Gasteiger partial charge in [-0.15, -0.1) is 0 Å². The normalized spacial score (nSPS) is 15.3. The van der Waals surface area contributed by atoms with E-state index in [4.69, 9.17) is 11.6 Å². The van der Waals surface area contributed by atoms with Crippen LogP contribution in [-0.2, 0) is 0 Å². The fraction of sp³-hybridized carbons (Fsp3) is 0.391. The quantitative estimate of drug-likeness (QED) is 0.652. The third-order valence-electron chi connectivity index (χ3n) is 5.38. The van der Waals surface area contributed by atoms with Crippen molar-refractivity contribution in [1.82, 2.24) is 19.9 Å². The molecule has 3 heterocycles. The van der Waals surface area contributed by atoms with Crippen molar-refractivity contribution in [3.8, 4) is 22.6 Å². The van der Waals surface area contributed by atoms with E-state index >= 15 is 0 Å². The molecule has 0 radical (unpaired) electrons. The smallest absolute Gasteiger partial charge is 0.137 e. The van der Waals surface area contributed by atoms with Crippen LogP contribution in [0.2, 0.25) is 5.02 Å². The van der Waals surface area contributed by atoms with E-state index in [0.29, 0.717) is 5.92 Å². The van der Waals surface area contributed by atoms with Crippen LogP contribution < -0.4 is 4.90 Å². The highest BCUT2D eigenvalue weighted by Gasteiger charge is 2.19. The molecule has 6 heteroatoms. The molecule has 4 rings (SSSR count). The number of aryl methyl sites for hydroxylation is 1. The first-order chi connectivity index (χ1) is 14.0. The van der Waals surface area contributed by atoms with Crippen LogP contribution >= 0.6 is 11.6 Å². The first-order valence-electron chi connectivity index (χ1n) is 10.2. The third-order valence-corrected chi connectivity index (χ3v) is 5.81. The molecule has 0 amide bonds. The Bertz CT molecular complexity index is 973. The molecule has 0 saturated carbocycles. The Morgan fingerprint density at radius 1 is 1.03 bits per heavy atom. The van der Waals surface area contributed by atoms with E-state index in [0.717, 1.165) is 65.2 Å². The average Bonchev–Trinajstić information content (AvgIpc) is 3.21. The van der Waals surface area contributed by atoms with E-state index < -0.39 is 0 Å². The van der Waals surface area contributed by atoms with Gasteiger partial charge in [0.2, 0.25) is 0 Å². The molecule has 3 aromatic rings.